The summed E-state index contributed by atoms with van der Waals surface area (Å²) in [7, 11) is 1.99. The molecule has 176 valence electrons. The van der Waals surface area contributed by atoms with Crippen LogP contribution in [-0.4, -0.2) is 53.8 Å². The zero-order valence-corrected chi connectivity index (χ0v) is 19.4. The largest absolute Gasteiger partial charge is 0.418 e. The summed E-state index contributed by atoms with van der Waals surface area (Å²) in [5.74, 6) is -0.0963. The number of carbonyl (C=O) groups is 1. The van der Waals surface area contributed by atoms with Gasteiger partial charge in [0.15, 0.2) is 0 Å². The second kappa shape index (κ2) is 9.52. The lowest BCUT2D eigenvalue weighted by molar-refractivity contribution is -0.136. The Bertz CT molecular complexity index is 959. The van der Waals surface area contributed by atoms with Gasteiger partial charge in [0, 0.05) is 49.7 Å². The first-order valence-electron chi connectivity index (χ1n) is 10.9. The van der Waals surface area contributed by atoms with Gasteiger partial charge in [-0.1, -0.05) is 13.8 Å². The number of nitrogens with zero attached hydrogens (tertiary/aromatic N) is 4. The molecule has 1 aromatic carbocycles. The average molecular weight is 452 g/mol. The molecule has 32 heavy (non-hydrogen) atoms. The lowest BCUT2D eigenvalue weighted by Crippen LogP contribution is -2.44. The number of aromatic nitrogens is 2. The second-order valence-corrected chi connectivity index (χ2v) is 8.97. The van der Waals surface area contributed by atoms with Crippen LogP contribution in [0.3, 0.4) is 0 Å². The predicted octanol–water partition coefficient (Wildman–Crippen LogP) is 4.11. The Kier molecular flexibility index (Phi) is 7.17. The number of alkyl halides is 3. The Morgan fingerprint density at radius 2 is 1.81 bits per heavy atom. The molecule has 3 rings (SSSR count). The van der Waals surface area contributed by atoms with Crippen molar-refractivity contribution in [1.82, 2.24) is 14.7 Å². The first-order valence-corrected chi connectivity index (χ1v) is 10.9. The van der Waals surface area contributed by atoms with Crippen molar-refractivity contribution in [2.24, 2.45) is 5.92 Å². The van der Waals surface area contributed by atoms with Gasteiger partial charge >= 0.3 is 6.18 Å². The van der Waals surface area contributed by atoms with Crippen LogP contribution in [0.5, 0.6) is 0 Å². The molecular formula is C23H32F3N5O. The van der Waals surface area contributed by atoms with Crippen LogP contribution in [0.25, 0.3) is 0 Å². The lowest BCUT2D eigenvalue weighted by atomic mass is 10.1. The number of rotatable bonds is 6. The summed E-state index contributed by atoms with van der Waals surface area (Å²) < 4.78 is 43.2. The number of aryl methyl sites for hydroxylation is 1. The second-order valence-electron chi connectivity index (χ2n) is 8.97. The van der Waals surface area contributed by atoms with Gasteiger partial charge in [-0.3, -0.25) is 9.48 Å². The van der Waals surface area contributed by atoms with E-state index >= 15 is 0 Å². The average Bonchev–Trinajstić information content (AvgIpc) is 2.95. The van der Waals surface area contributed by atoms with Crippen molar-refractivity contribution in [3.05, 3.63) is 40.7 Å². The van der Waals surface area contributed by atoms with E-state index in [1.165, 1.54) is 6.07 Å². The van der Waals surface area contributed by atoms with Crippen molar-refractivity contribution in [3.8, 4) is 0 Å². The monoisotopic (exact) mass is 451 g/mol. The van der Waals surface area contributed by atoms with E-state index in [-0.39, 0.29) is 12.1 Å². The highest BCUT2D eigenvalue weighted by molar-refractivity contribution is 5.93. The molecule has 0 aliphatic carbocycles. The maximum Gasteiger partial charge on any atom is 0.418 e. The summed E-state index contributed by atoms with van der Waals surface area (Å²) >= 11 is 0. The summed E-state index contributed by atoms with van der Waals surface area (Å²) in [6, 6.07) is 4.14. The molecule has 6 nitrogen and oxygen atoms in total. The molecule has 0 bridgehead atoms. The highest BCUT2D eigenvalue weighted by atomic mass is 19.4. The maximum absolute atomic E-state index is 13.8. The van der Waals surface area contributed by atoms with E-state index in [0.29, 0.717) is 24.7 Å². The van der Waals surface area contributed by atoms with Gasteiger partial charge in [-0.05, 0) is 45.0 Å². The zero-order chi connectivity index (χ0) is 23.6. The summed E-state index contributed by atoms with van der Waals surface area (Å²) in [6.07, 6.45) is -4.59. The molecule has 1 aromatic heterocycles. The number of halogens is 3. The summed E-state index contributed by atoms with van der Waals surface area (Å²) in [4.78, 5) is 16.8. The van der Waals surface area contributed by atoms with Crippen molar-refractivity contribution >= 4 is 17.3 Å². The fourth-order valence-corrected chi connectivity index (χ4v) is 4.01. The Hall–Kier alpha value is -2.55. The van der Waals surface area contributed by atoms with E-state index in [0.717, 1.165) is 42.7 Å². The Balaban J connectivity index is 1.79. The molecule has 1 amide bonds. The van der Waals surface area contributed by atoms with Crippen LogP contribution >= 0.6 is 0 Å². The Morgan fingerprint density at radius 1 is 1.16 bits per heavy atom. The minimum Gasteiger partial charge on any atom is -0.369 e. The topological polar surface area (TPSA) is 53.4 Å². The summed E-state index contributed by atoms with van der Waals surface area (Å²) in [5.41, 5.74) is 1.82. The number of amides is 1. The standard InChI is InChI=1S/C23H32F3N5O/c1-15(2)14-31-17(4)19(16(3)28-31)13-22(32)27-21-7-6-18(12-20(21)23(24,25)26)30-10-8-29(5)9-11-30/h6-7,12,15H,8-11,13-14H2,1-5H3,(H,27,32). The first-order chi connectivity index (χ1) is 15.0. The van der Waals surface area contributed by atoms with Gasteiger partial charge in [-0.15, -0.1) is 0 Å². The minimum absolute atomic E-state index is 0.0206. The fraction of sp³-hybridized carbons (Fsp3) is 0.565. The van der Waals surface area contributed by atoms with Crippen LogP contribution in [0.15, 0.2) is 18.2 Å². The normalized spacial score (nSPS) is 15.5. The zero-order valence-electron chi connectivity index (χ0n) is 19.4. The van der Waals surface area contributed by atoms with Gasteiger partial charge in [0.25, 0.3) is 0 Å². The van der Waals surface area contributed by atoms with E-state index < -0.39 is 17.6 Å². The molecule has 1 aliphatic heterocycles. The quantitative estimate of drug-likeness (QED) is 0.718. The van der Waals surface area contributed by atoms with Crippen LogP contribution in [0.4, 0.5) is 24.5 Å². The van der Waals surface area contributed by atoms with Gasteiger partial charge < -0.3 is 15.1 Å². The molecule has 2 heterocycles. The summed E-state index contributed by atoms with van der Waals surface area (Å²) in [6.45, 7) is 11.5. The Labute approximate surface area is 187 Å². The molecule has 1 saturated heterocycles. The maximum atomic E-state index is 13.8. The third-order valence-corrected chi connectivity index (χ3v) is 5.86. The number of hydrogen-bond donors (Lipinski definition) is 1. The number of piperazine rings is 1. The van der Waals surface area contributed by atoms with E-state index in [2.05, 4.69) is 29.2 Å². The molecular weight excluding hydrogens is 419 g/mol. The predicted molar refractivity (Wildman–Crippen MR) is 120 cm³/mol. The van der Waals surface area contributed by atoms with Crippen LogP contribution in [0.1, 0.15) is 36.4 Å². The van der Waals surface area contributed by atoms with E-state index in [1.807, 2.05) is 30.5 Å². The third-order valence-electron chi connectivity index (χ3n) is 5.86. The van der Waals surface area contributed by atoms with Gasteiger partial charge in [0.05, 0.1) is 23.4 Å². The van der Waals surface area contributed by atoms with E-state index in [1.54, 1.807) is 6.07 Å². The molecule has 0 saturated carbocycles. The van der Waals surface area contributed by atoms with Gasteiger partial charge in [0.1, 0.15) is 0 Å². The van der Waals surface area contributed by atoms with Gasteiger partial charge in [0.2, 0.25) is 5.91 Å². The van der Waals surface area contributed by atoms with Crippen LogP contribution in [0.2, 0.25) is 0 Å². The summed E-state index contributed by atoms with van der Waals surface area (Å²) in [5, 5.41) is 6.97. The van der Waals surface area contributed by atoms with Crippen molar-refractivity contribution in [3.63, 3.8) is 0 Å². The number of anilines is 2. The molecule has 9 heteroatoms. The van der Waals surface area contributed by atoms with Gasteiger partial charge in [-0.25, -0.2) is 0 Å². The molecule has 1 fully saturated rings. The first kappa shape index (κ1) is 24.1. The highest BCUT2D eigenvalue weighted by Crippen LogP contribution is 2.37. The SMILES string of the molecule is Cc1nn(CC(C)C)c(C)c1CC(=O)Nc1ccc(N2CCN(C)CC2)cc1C(F)(F)F. The number of hydrogen-bond acceptors (Lipinski definition) is 4. The number of likely N-dealkylation sites (N-methyl/N-ethyl adjacent to an activating group) is 1. The Morgan fingerprint density at radius 3 is 2.41 bits per heavy atom. The molecule has 0 spiro atoms. The van der Waals surface area contributed by atoms with Crippen molar-refractivity contribution in [2.45, 2.75) is 46.8 Å². The smallest absolute Gasteiger partial charge is 0.369 e. The molecule has 1 N–H and O–H groups in total. The molecule has 2 aromatic rings. The van der Waals surface area contributed by atoms with Crippen LogP contribution < -0.4 is 10.2 Å². The van der Waals surface area contributed by atoms with Crippen molar-refractivity contribution < 1.29 is 18.0 Å². The molecule has 1 aliphatic rings. The van der Waals surface area contributed by atoms with E-state index in [4.69, 9.17) is 0 Å². The molecule has 0 unspecified atom stereocenters. The number of nitrogens with one attached hydrogen (secondary N) is 1. The minimum atomic E-state index is -4.57. The molecule has 0 atom stereocenters. The fourth-order valence-electron chi connectivity index (χ4n) is 4.01. The number of carbonyl (C=O) groups excluding carboxylic acids is 1. The number of benzene rings is 1. The van der Waals surface area contributed by atoms with Crippen molar-refractivity contribution in [2.75, 3.05) is 43.4 Å². The molecule has 0 radical (unpaired) electrons. The third kappa shape index (κ3) is 5.62. The highest BCUT2D eigenvalue weighted by Gasteiger charge is 2.35. The van der Waals surface area contributed by atoms with Crippen LogP contribution in [0, 0.1) is 19.8 Å². The van der Waals surface area contributed by atoms with E-state index in [9.17, 15) is 18.0 Å². The van der Waals surface area contributed by atoms with Crippen molar-refractivity contribution in [1.29, 1.82) is 0 Å². The lowest BCUT2D eigenvalue weighted by Gasteiger charge is -2.34. The van der Waals surface area contributed by atoms with Gasteiger partial charge in [-0.2, -0.15) is 18.3 Å². The van der Waals surface area contributed by atoms with Crippen LogP contribution in [-0.2, 0) is 23.9 Å².